The van der Waals surface area contributed by atoms with E-state index in [1.807, 2.05) is 24.3 Å². The van der Waals surface area contributed by atoms with Crippen LogP contribution in [-0.2, 0) is 11.3 Å². The summed E-state index contributed by atoms with van der Waals surface area (Å²) in [6.07, 6.45) is 3.20. The average molecular weight is 452 g/mol. The van der Waals surface area contributed by atoms with Gasteiger partial charge in [-0.2, -0.15) is 0 Å². The van der Waals surface area contributed by atoms with Crippen LogP contribution in [0, 0.1) is 0 Å². The highest BCUT2D eigenvalue weighted by molar-refractivity contribution is 6.32. The molecular formula is C23H22ClN5O3. The van der Waals surface area contributed by atoms with Gasteiger partial charge in [0.1, 0.15) is 36.9 Å². The molecule has 2 aromatic carbocycles. The molecule has 2 aromatic heterocycles. The molecule has 0 aliphatic carbocycles. The summed E-state index contributed by atoms with van der Waals surface area (Å²) < 4.78 is 16.4. The summed E-state index contributed by atoms with van der Waals surface area (Å²) in [5.41, 5.74) is 8.92. The standard InChI is InChI=1S/C23H22ClN5O3/c1-30-8-9-31-22-12-20-17(11-19(22)25)23(28-14-27-20)29-15-5-6-21(18(24)10-15)32-13-16-4-2-3-7-26-16/h2-7,10-12,14H,8-9,13,25H2,1H3,(H,27,28,29). The zero-order valence-electron chi connectivity index (χ0n) is 17.4. The molecule has 0 saturated carbocycles. The van der Waals surface area contributed by atoms with Gasteiger partial charge in [-0.05, 0) is 36.4 Å². The zero-order chi connectivity index (χ0) is 22.3. The molecule has 9 heteroatoms. The molecule has 0 atom stereocenters. The number of nitrogens with zero attached hydrogens (tertiary/aromatic N) is 3. The molecule has 0 unspecified atom stereocenters. The fourth-order valence-electron chi connectivity index (χ4n) is 3.03. The Bertz CT molecular complexity index is 1210. The smallest absolute Gasteiger partial charge is 0.144 e. The highest BCUT2D eigenvalue weighted by Gasteiger charge is 2.11. The Kier molecular flexibility index (Phi) is 6.84. The second kappa shape index (κ2) is 10.1. The SMILES string of the molecule is COCCOc1cc2ncnc(Nc3ccc(OCc4ccccn4)c(Cl)c3)c2cc1N. The molecule has 0 bridgehead atoms. The Hall–Kier alpha value is -3.62. The largest absolute Gasteiger partial charge is 0.489 e. The van der Waals surface area contributed by atoms with Gasteiger partial charge in [0.05, 0.1) is 28.5 Å². The summed E-state index contributed by atoms with van der Waals surface area (Å²) in [6, 6.07) is 14.7. The second-order valence-electron chi connectivity index (χ2n) is 6.85. The first-order chi connectivity index (χ1) is 15.6. The predicted molar refractivity (Wildman–Crippen MR) is 125 cm³/mol. The lowest BCUT2D eigenvalue weighted by atomic mass is 10.2. The summed E-state index contributed by atoms with van der Waals surface area (Å²) >= 11 is 6.42. The Morgan fingerprint density at radius 2 is 1.88 bits per heavy atom. The van der Waals surface area contributed by atoms with E-state index in [2.05, 4.69) is 20.3 Å². The number of nitrogen functional groups attached to an aromatic ring is 1. The lowest BCUT2D eigenvalue weighted by Gasteiger charge is -2.13. The number of nitrogens with one attached hydrogen (secondary N) is 1. The van der Waals surface area contributed by atoms with Gasteiger partial charge in [-0.1, -0.05) is 17.7 Å². The molecule has 0 amide bonds. The lowest BCUT2D eigenvalue weighted by Crippen LogP contribution is -2.06. The molecule has 0 radical (unpaired) electrons. The van der Waals surface area contributed by atoms with E-state index in [-0.39, 0.29) is 0 Å². The summed E-state index contributed by atoms with van der Waals surface area (Å²) in [6.45, 7) is 1.20. The maximum atomic E-state index is 6.42. The number of hydrogen-bond acceptors (Lipinski definition) is 8. The normalized spacial score (nSPS) is 10.8. The third kappa shape index (κ3) is 5.16. The average Bonchev–Trinajstić information content (AvgIpc) is 2.80. The van der Waals surface area contributed by atoms with E-state index in [0.29, 0.717) is 53.4 Å². The van der Waals surface area contributed by atoms with Crippen LogP contribution in [0.4, 0.5) is 17.2 Å². The van der Waals surface area contributed by atoms with Crippen LogP contribution in [0.25, 0.3) is 10.9 Å². The fraction of sp³-hybridized carbons (Fsp3) is 0.174. The number of pyridine rings is 1. The number of benzene rings is 2. The fourth-order valence-corrected chi connectivity index (χ4v) is 3.26. The van der Waals surface area contributed by atoms with E-state index in [0.717, 1.165) is 16.8 Å². The highest BCUT2D eigenvalue weighted by atomic mass is 35.5. The van der Waals surface area contributed by atoms with Crippen molar-refractivity contribution in [3.63, 3.8) is 0 Å². The summed E-state index contributed by atoms with van der Waals surface area (Å²) in [7, 11) is 1.61. The molecule has 2 heterocycles. The summed E-state index contributed by atoms with van der Waals surface area (Å²) in [5.74, 6) is 1.72. The van der Waals surface area contributed by atoms with Crippen molar-refractivity contribution in [1.29, 1.82) is 0 Å². The number of nitrogens with two attached hydrogens (primary N) is 1. The molecular weight excluding hydrogens is 430 g/mol. The Morgan fingerprint density at radius 1 is 0.969 bits per heavy atom. The van der Waals surface area contributed by atoms with Gasteiger partial charge in [0.2, 0.25) is 0 Å². The van der Waals surface area contributed by atoms with E-state index < -0.39 is 0 Å². The van der Waals surface area contributed by atoms with Gasteiger partial charge in [0.15, 0.2) is 0 Å². The zero-order valence-corrected chi connectivity index (χ0v) is 18.2. The number of aromatic nitrogens is 3. The molecule has 0 fully saturated rings. The highest BCUT2D eigenvalue weighted by Crippen LogP contribution is 2.33. The molecule has 4 aromatic rings. The van der Waals surface area contributed by atoms with Gasteiger partial charge in [-0.15, -0.1) is 0 Å². The number of halogens is 1. The van der Waals surface area contributed by atoms with E-state index in [4.69, 9.17) is 31.5 Å². The van der Waals surface area contributed by atoms with E-state index in [1.165, 1.54) is 6.33 Å². The first-order valence-electron chi connectivity index (χ1n) is 9.89. The van der Waals surface area contributed by atoms with Crippen molar-refractivity contribution in [2.45, 2.75) is 6.61 Å². The monoisotopic (exact) mass is 451 g/mol. The van der Waals surface area contributed by atoms with Gasteiger partial charge in [-0.25, -0.2) is 9.97 Å². The van der Waals surface area contributed by atoms with Gasteiger partial charge in [0.25, 0.3) is 0 Å². The number of anilines is 3. The van der Waals surface area contributed by atoms with Crippen molar-refractivity contribution in [2.24, 2.45) is 0 Å². The molecule has 32 heavy (non-hydrogen) atoms. The number of hydrogen-bond donors (Lipinski definition) is 2. The first kappa shape index (κ1) is 21.6. The van der Waals surface area contributed by atoms with Crippen LogP contribution >= 0.6 is 11.6 Å². The van der Waals surface area contributed by atoms with Crippen molar-refractivity contribution in [3.8, 4) is 11.5 Å². The third-order valence-corrected chi connectivity index (χ3v) is 4.90. The molecule has 0 aliphatic rings. The maximum Gasteiger partial charge on any atom is 0.144 e. The van der Waals surface area contributed by atoms with Crippen LogP contribution in [0.1, 0.15) is 5.69 Å². The Labute approximate surface area is 190 Å². The van der Waals surface area contributed by atoms with Gasteiger partial charge in [-0.3, -0.25) is 4.98 Å². The van der Waals surface area contributed by atoms with Crippen molar-refractivity contribution in [3.05, 3.63) is 71.8 Å². The molecule has 164 valence electrons. The molecule has 0 aliphatic heterocycles. The summed E-state index contributed by atoms with van der Waals surface area (Å²) in [5, 5.41) is 4.50. The van der Waals surface area contributed by atoms with Crippen LogP contribution in [0.5, 0.6) is 11.5 Å². The summed E-state index contributed by atoms with van der Waals surface area (Å²) in [4.78, 5) is 12.9. The molecule has 3 N–H and O–H groups in total. The van der Waals surface area contributed by atoms with Crippen LogP contribution in [-0.4, -0.2) is 35.3 Å². The van der Waals surface area contributed by atoms with Gasteiger partial charge < -0.3 is 25.3 Å². The minimum absolute atomic E-state index is 0.331. The van der Waals surface area contributed by atoms with Gasteiger partial charge in [0, 0.05) is 30.4 Å². The Morgan fingerprint density at radius 3 is 2.66 bits per heavy atom. The lowest BCUT2D eigenvalue weighted by molar-refractivity contribution is 0.147. The van der Waals surface area contributed by atoms with E-state index in [1.54, 1.807) is 37.6 Å². The number of fused-ring (bicyclic) bond motifs is 1. The Balaban J connectivity index is 1.51. The number of rotatable bonds is 9. The molecule has 4 rings (SSSR count). The third-order valence-electron chi connectivity index (χ3n) is 4.61. The molecule has 8 nitrogen and oxygen atoms in total. The van der Waals surface area contributed by atoms with Crippen LogP contribution in [0.2, 0.25) is 5.02 Å². The van der Waals surface area contributed by atoms with E-state index in [9.17, 15) is 0 Å². The minimum Gasteiger partial charge on any atom is -0.489 e. The molecule has 0 spiro atoms. The van der Waals surface area contributed by atoms with Gasteiger partial charge >= 0.3 is 0 Å². The van der Waals surface area contributed by atoms with Crippen molar-refractivity contribution in [2.75, 3.05) is 31.4 Å². The van der Waals surface area contributed by atoms with E-state index >= 15 is 0 Å². The van der Waals surface area contributed by atoms with Crippen LogP contribution in [0.15, 0.2) is 61.1 Å². The van der Waals surface area contributed by atoms with Crippen molar-refractivity contribution in [1.82, 2.24) is 15.0 Å². The topological polar surface area (TPSA) is 104 Å². The van der Waals surface area contributed by atoms with Crippen molar-refractivity contribution < 1.29 is 14.2 Å². The minimum atomic E-state index is 0.331. The van der Waals surface area contributed by atoms with Crippen LogP contribution < -0.4 is 20.5 Å². The predicted octanol–water partition coefficient (Wildman–Crippen LogP) is 4.61. The maximum absolute atomic E-state index is 6.42. The van der Waals surface area contributed by atoms with Crippen LogP contribution in [0.3, 0.4) is 0 Å². The quantitative estimate of drug-likeness (QED) is 0.281. The second-order valence-corrected chi connectivity index (χ2v) is 7.26. The molecule has 0 saturated heterocycles. The number of ether oxygens (including phenoxy) is 3. The first-order valence-corrected chi connectivity index (χ1v) is 10.3. The van der Waals surface area contributed by atoms with Crippen molar-refractivity contribution >= 4 is 39.7 Å². The number of methoxy groups -OCH3 is 1.